The predicted molar refractivity (Wildman–Crippen MR) is 66.6 cm³/mol. The van der Waals surface area contributed by atoms with Gasteiger partial charge in [-0.05, 0) is 43.0 Å². The molecule has 0 N–H and O–H groups in total. The van der Waals surface area contributed by atoms with E-state index in [0.717, 1.165) is 30.5 Å². The molecular weight excluding hydrogens is 214 g/mol. The molecule has 1 saturated heterocycles. The zero-order chi connectivity index (χ0) is 11.7. The van der Waals surface area contributed by atoms with E-state index in [4.69, 9.17) is 9.47 Å². The maximum Gasteiger partial charge on any atom is 0.124 e. The molecule has 92 valence electrons. The van der Waals surface area contributed by atoms with Crippen molar-refractivity contribution in [3.05, 3.63) is 24.3 Å². The molecule has 0 bridgehead atoms. The van der Waals surface area contributed by atoms with E-state index in [2.05, 4.69) is 4.90 Å². The van der Waals surface area contributed by atoms with Gasteiger partial charge in [0, 0.05) is 19.6 Å². The maximum atomic E-state index is 5.88. The summed E-state index contributed by atoms with van der Waals surface area (Å²) < 4.78 is 11.0. The first-order chi connectivity index (χ1) is 8.33. The lowest BCUT2D eigenvalue weighted by atomic mass is 10.1. The zero-order valence-corrected chi connectivity index (χ0v) is 10.3. The van der Waals surface area contributed by atoms with Crippen LogP contribution >= 0.6 is 0 Å². The fraction of sp³-hybridized carbons (Fsp3) is 0.571. The average molecular weight is 233 g/mol. The Morgan fingerprint density at radius 1 is 1.12 bits per heavy atom. The zero-order valence-electron chi connectivity index (χ0n) is 10.3. The highest BCUT2D eigenvalue weighted by molar-refractivity contribution is 5.31. The van der Waals surface area contributed by atoms with Crippen molar-refractivity contribution in [2.45, 2.75) is 18.9 Å². The smallest absolute Gasteiger partial charge is 0.124 e. The first-order valence-corrected chi connectivity index (χ1v) is 6.36. The highest BCUT2D eigenvalue weighted by Crippen LogP contribution is 2.31. The van der Waals surface area contributed by atoms with Crippen LogP contribution in [0.1, 0.15) is 12.8 Å². The molecule has 0 spiro atoms. The van der Waals surface area contributed by atoms with Gasteiger partial charge in [-0.25, -0.2) is 0 Å². The lowest BCUT2D eigenvalue weighted by Gasteiger charge is -2.39. The van der Waals surface area contributed by atoms with Crippen molar-refractivity contribution in [1.82, 2.24) is 4.90 Å². The third-order valence-corrected chi connectivity index (χ3v) is 3.50. The molecule has 1 saturated carbocycles. The van der Waals surface area contributed by atoms with Crippen LogP contribution in [-0.2, 0) is 0 Å². The standard InChI is InChI=1S/C14H19NO2/c1-16-12-4-6-13(7-5-12)17-14-9-15(10-14)8-11-2-3-11/h4-7,11,14H,2-3,8-10H2,1H3. The van der Waals surface area contributed by atoms with Gasteiger partial charge in [0.15, 0.2) is 0 Å². The van der Waals surface area contributed by atoms with Crippen LogP contribution in [0.3, 0.4) is 0 Å². The topological polar surface area (TPSA) is 21.7 Å². The van der Waals surface area contributed by atoms with E-state index < -0.39 is 0 Å². The summed E-state index contributed by atoms with van der Waals surface area (Å²) in [5.41, 5.74) is 0. The number of rotatable bonds is 5. The van der Waals surface area contributed by atoms with Crippen molar-refractivity contribution in [2.75, 3.05) is 26.7 Å². The van der Waals surface area contributed by atoms with E-state index in [1.54, 1.807) is 7.11 Å². The Kier molecular flexibility index (Phi) is 2.93. The van der Waals surface area contributed by atoms with E-state index in [9.17, 15) is 0 Å². The van der Waals surface area contributed by atoms with Crippen LogP contribution < -0.4 is 9.47 Å². The van der Waals surface area contributed by atoms with E-state index in [1.807, 2.05) is 24.3 Å². The van der Waals surface area contributed by atoms with Gasteiger partial charge in [-0.1, -0.05) is 0 Å². The normalized spacial score (nSPS) is 21.0. The molecule has 1 heterocycles. The summed E-state index contributed by atoms with van der Waals surface area (Å²) >= 11 is 0. The fourth-order valence-corrected chi connectivity index (χ4v) is 2.26. The van der Waals surface area contributed by atoms with E-state index in [-0.39, 0.29) is 0 Å². The Bertz CT molecular complexity index is 366. The Hall–Kier alpha value is -1.22. The molecule has 0 atom stereocenters. The number of ether oxygens (including phenoxy) is 2. The molecular formula is C14H19NO2. The van der Waals surface area contributed by atoms with Crippen LogP contribution in [0, 0.1) is 5.92 Å². The largest absolute Gasteiger partial charge is 0.497 e. The number of hydrogen-bond donors (Lipinski definition) is 0. The summed E-state index contributed by atoms with van der Waals surface area (Å²) in [6.07, 6.45) is 3.24. The molecule has 17 heavy (non-hydrogen) atoms. The molecule has 0 unspecified atom stereocenters. The quantitative estimate of drug-likeness (QED) is 0.778. The number of nitrogens with zero attached hydrogens (tertiary/aromatic N) is 1. The Labute approximate surface area is 102 Å². The molecule has 3 rings (SSSR count). The van der Waals surface area contributed by atoms with Crippen LogP contribution in [0.5, 0.6) is 11.5 Å². The Morgan fingerprint density at radius 3 is 2.35 bits per heavy atom. The third-order valence-electron chi connectivity index (χ3n) is 3.50. The van der Waals surface area contributed by atoms with E-state index in [0.29, 0.717) is 6.10 Å². The van der Waals surface area contributed by atoms with Crippen LogP contribution in [-0.4, -0.2) is 37.7 Å². The molecule has 2 aliphatic rings. The summed E-state index contributed by atoms with van der Waals surface area (Å²) in [5.74, 6) is 2.81. The molecule has 1 aliphatic heterocycles. The summed E-state index contributed by atoms with van der Waals surface area (Å²) in [7, 11) is 1.68. The lowest BCUT2D eigenvalue weighted by molar-refractivity contribution is 0.0171. The molecule has 0 amide bonds. The molecule has 1 aromatic carbocycles. The number of methoxy groups -OCH3 is 1. The first-order valence-electron chi connectivity index (χ1n) is 6.36. The Balaban J connectivity index is 1.44. The SMILES string of the molecule is COc1ccc(OC2CN(CC3CC3)C2)cc1. The van der Waals surface area contributed by atoms with Crippen molar-refractivity contribution in [2.24, 2.45) is 5.92 Å². The summed E-state index contributed by atoms with van der Waals surface area (Å²) in [4.78, 5) is 2.49. The number of likely N-dealkylation sites (tertiary alicyclic amines) is 1. The van der Waals surface area contributed by atoms with Crippen LogP contribution in [0.25, 0.3) is 0 Å². The minimum absolute atomic E-state index is 0.377. The summed E-state index contributed by atoms with van der Waals surface area (Å²) in [5, 5.41) is 0. The minimum atomic E-state index is 0.377. The van der Waals surface area contributed by atoms with E-state index >= 15 is 0 Å². The molecule has 2 fully saturated rings. The molecule has 1 aromatic rings. The van der Waals surface area contributed by atoms with Crippen molar-refractivity contribution in [3.8, 4) is 11.5 Å². The van der Waals surface area contributed by atoms with Gasteiger partial charge in [-0.15, -0.1) is 0 Å². The Morgan fingerprint density at radius 2 is 1.76 bits per heavy atom. The van der Waals surface area contributed by atoms with Gasteiger partial charge in [-0.2, -0.15) is 0 Å². The van der Waals surface area contributed by atoms with Crippen molar-refractivity contribution < 1.29 is 9.47 Å². The third kappa shape index (κ3) is 2.72. The number of hydrogen-bond acceptors (Lipinski definition) is 3. The van der Waals surface area contributed by atoms with Crippen LogP contribution in [0.15, 0.2) is 24.3 Å². The first kappa shape index (κ1) is 10.9. The highest BCUT2D eigenvalue weighted by Gasteiger charge is 2.33. The fourth-order valence-electron chi connectivity index (χ4n) is 2.26. The van der Waals surface area contributed by atoms with Gasteiger partial charge in [0.05, 0.1) is 7.11 Å². The second-order valence-electron chi connectivity index (χ2n) is 5.08. The van der Waals surface area contributed by atoms with Crippen molar-refractivity contribution in [3.63, 3.8) is 0 Å². The van der Waals surface area contributed by atoms with Crippen LogP contribution in [0.2, 0.25) is 0 Å². The molecule has 1 aliphatic carbocycles. The predicted octanol–water partition coefficient (Wildman–Crippen LogP) is 2.17. The molecule has 3 nitrogen and oxygen atoms in total. The molecule has 0 radical (unpaired) electrons. The van der Waals surface area contributed by atoms with Crippen molar-refractivity contribution in [1.29, 1.82) is 0 Å². The second-order valence-corrected chi connectivity index (χ2v) is 5.08. The molecule has 3 heteroatoms. The monoisotopic (exact) mass is 233 g/mol. The van der Waals surface area contributed by atoms with Gasteiger partial charge >= 0.3 is 0 Å². The van der Waals surface area contributed by atoms with Gasteiger partial charge in [0.25, 0.3) is 0 Å². The van der Waals surface area contributed by atoms with Gasteiger partial charge < -0.3 is 9.47 Å². The maximum absolute atomic E-state index is 5.88. The van der Waals surface area contributed by atoms with Gasteiger partial charge in [0.2, 0.25) is 0 Å². The average Bonchev–Trinajstić information content (AvgIpc) is 3.11. The summed E-state index contributed by atoms with van der Waals surface area (Å²) in [6.45, 7) is 3.45. The minimum Gasteiger partial charge on any atom is -0.497 e. The van der Waals surface area contributed by atoms with Gasteiger partial charge in [-0.3, -0.25) is 4.90 Å². The van der Waals surface area contributed by atoms with Crippen molar-refractivity contribution >= 4 is 0 Å². The summed E-state index contributed by atoms with van der Waals surface area (Å²) in [6, 6.07) is 7.83. The van der Waals surface area contributed by atoms with Gasteiger partial charge in [0.1, 0.15) is 17.6 Å². The highest BCUT2D eigenvalue weighted by atomic mass is 16.5. The van der Waals surface area contributed by atoms with Crippen LogP contribution in [0.4, 0.5) is 0 Å². The second kappa shape index (κ2) is 4.57. The number of benzene rings is 1. The molecule has 0 aromatic heterocycles. The van der Waals surface area contributed by atoms with E-state index in [1.165, 1.54) is 19.4 Å². The lowest BCUT2D eigenvalue weighted by Crippen LogP contribution is -2.54.